The number of nitrogens with zero attached hydrogens (tertiary/aromatic N) is 2. The second-order valence-corrected chi connectivity index (χ2v) is 5.81. The van der Waals surface area contributed by atoms with Gasteiger partial charge in [0.25, 0.3) is 0 Å². The molecule has 1 N–H and O–H groups in total. The molecule has 0 aliphatic rings. The molecule has 0 saturated heterocycles. The highest BCUT2D eigenvalue weighted by Gasteiger charge is 2.06. The Kier molecular flexibility index (Phi) is 5.10. The van der Waals surface area contributed by atoms with Gasteiger partial charge in [0, 0.05) is 17.5 Å². The Labute approximate surface area is 122 Å². The molecule has 0 saturated carbocycles. The third kappa shape index (κ3) is 3.88. The molecule has 2 rings (SSSR count). The zero-order valence-corrected chi connectivity index (χ0v) is 12.9. The van der Waals surface area contributed by atoms with Crippen molar-refractivity contribution in [3.8, 4) is 0 Å². The first-order valence-electron chi connectivity index (χ1n) is 6.13. The summed E-state index contributed by atoms with van der Waals surface area (Å²) in [5.74, 6) is 0.887. The normalized spacial score (nSPS) is 10.5. The van der Waals surface area contributed by atoms with Crippen molar-refractivity contribution >= 4 is 29.3 Å². The molecule has 0 unspecified atom stereocenters. The van der Waals surface area contributed by atoms with Gasteiger partial charge in [-0.1, -0.05) is 41.7 Å². The van der Waals surface area contributed by atoms with E-state index in [-0.39, 0.29) is 0 Å². The van der Waals surface area contributed by atoms with Crippen LogP contribution in [0.4, 0.5) is 5.82 Å². The molecule has 2 aromatic rings. The average Bonchev–Trinajstić information content (AvgIpc) is 2.41. The molecule has 0 amide bonds. The maximum absolute atomic E-state index is 4.55. The molecule has 5 heteroatoms. The third-order valence-electron chi connectivity index (χ3n) is 2.53. The summed E-state index contributed by atoms with van der Waals surface area (Å²) in [5.41, 5.74) is 1.27. The van der Waals surface area contributed by atoms with E-state index in [1.165, 1.54) is 10.5 Å². The van der Waals surface area contributed by atoms with Crippen LogP contribution in [0.5, 0.6) is 0 Å². The van der Waals surface area contributed by atoms with Crippen LogP contribution in [0, 0.1) is 6.92 Å². The Hall–Kier alpha value is -1.20. The van der Waals surface area contributed by atoms with E-state index >= 15 is 0 Å². The molecule has 1 aromatic carbocycles. The molecular weight excluding hydrogens is 274 g/mol. The van der Waals surface area contributed by atoms with Crippen LogP contribution in [-0.4, -0.2) is 22.8 Å². The van der Waals surface area contributed by atoms with Crippen LogP contribution >= 0.6 is 23.5 Å². The lowest BCUT2D eigenvalue weighted by atomic mass is 10.2. The van der Waals surface area contributed by atoms with E-state index in [1.54, 1.807) is 23.5 Å². The molecule has 1 heterocycles. The van der Waals surface area contributed by atoms with E-state index in [4.69, 9.17) is 0 Å². The zero-order valence-electron chi connectivity index (χ0n) is 11.3. The summed E-state index contributed by atoms with van der Waals surface area (Å²) < 4.78 is 0. The molecule has 1 aromatic heterocycles. The molecular formula is C14H17N3S2. The van der Waals surface area contributed by atoms with Crippen LogP contribution < -0.4 is 5.32 Å². The lowest BCUT2D eigenvalue weighted by Crippen LogP contribution is -2.01. The number of aryl methyl sites for hydroxylation is 1. The largest absolute Gasteiger partial charge is 0.370 e. The van der Waals surface area contributed by atoms with Gasteiger partial charge in [-0.3, -0.25) is 0 Å². The van der Waals surface area contributed by atoms with Gasteiger partial charge in [0.1, 0.15) is 10.8 Å². The van der Waals surface area contributed by atoms with Crippen molar-refractivity contribution < 1.29 is 0 Å². The molecule has 0 fully saturated rings. The fraction of sp³-hybridized carbons (Fsp3) is 0.286. The fourth-order valence-electron chi connectivity index (χ4n) is 1.60. The zero-order chi connectivity index (χ0) is 13.7. The molecule has 0 aliphatic carbocycles. The maximum atomic E-state index is 4.55. The summed E-state index contributed by atoms with van der Waals surface area (Å²) in [6, 6.07) is 10.3. The molecule has 0 radical (unpaired) electrons. The van der Waals surface area contributed by atoms with E-state index in [0.29, 0.717) is 0 Å². The van der Waals surface area contributed by atoms with E-state index in [1.807, 2.05) is 12.3 Å². The van der Waals surface area contributed by atoms with Gasteiger partial charge in [-0.2, -0.15) is 0 Å². The van der Waals surface area contributed by atoms with Crippen molar-refractivity contribution in [2.75, 3.05) is 18.1 Å². The van der Waals surface area contributed by atoms with Gasteiger partial charge in [0.15, 0.2) is 5.16 Å². The quantitative estimate of drug-likeness (QED) is 0.510. The van der Waals surface area contributed by atoms with Gasteiger partial charge < -0.3 is 5.32 Å². The third-order valence-corrected chi connectivity index (χ3v) is 4.17. The molecule has 0 bridgehead atoms. The second kappa shape index (κ2) is 6.82. The van der Waals surface area contributed by atoms with Crippen LogP contribution in [0.3, 0.4) is 0 Å². The predicted octanol–water partition coefficient (Wildman–Crippen LogP) is 4.09. The Bertz CT molecular complexity index is 558. The number of nitrogens with one attached hydrogen (secondary N) is 1. The second-order valence-electron chi connectivity index (χ2n) is 3.98. The Balaban J connectivity index is 2.29. The van der Waals surface area contributed by atoms with Gasteiger partial charge in [-0.15, -0.1) is 0 Å². The number of aromatic nitrogens is 2. The average molecular weight is 291 g/mol. The Morgan fingerprint density at radius 1 is 1.21 bits per heavy atom. The molecule has 0 aliphatic heterocycles. The van der Waals surface area contributed by atoms with Crippen molar-refractivity contribution in [3.63, 3.8) is 0 Å². The molecule has 100 valence electrons. The van der Waals surface area contributed by atoms with Crippen molar-refractivity contribution in [3.05, 3.63) is 35.9 Å². The van der Waals surface area contributed by atoms with Crippen molar-refractivity contribution in [1.29, 1.82) is 0 Å². The number of hydrogen-bond donors (Lipinski definition) is 1. The van der Waals surface area contributed by atoms with Gasteiger partial charge in [-0.25, -0.2) is 9.97 Å². The van der Waals surface area contributed by atoms with Crippen molar-refractivity contribution in [2.24, 2.45) is 0 Å². The Morgan fingerprint density at radius 2 is 2.00 bits per heavy atom. The predicted molar refractivity (Wildman–Crippen MR) is 83.3 cm³/mol. The van der Waals surface area contributed by atoms with Gasteiger partial charge in [0.2, 0.25) is 0 Å². The maximum Gasteiger partial charge on any atom is 0.190 e. The van der Waals surface area contributed by atoms with Gasteiger partial charge in [0.05, 0.1) is 0 Å². The highest BCUT2D eigenvalue weighted by Crippen LogP contribution is 2.30. The first-order chi connectivity index (χ1) is 9.22. The molecule has 19 heavy (non-hydrogen) atoms. The molecule has 3 nitrogen and oxygen atoms in total. The van der Waals surface area contributed by atoms with E-state index in [9.17, 15) is 0 Å². The Morgan fingerprint density at radius 3 is 2.68 bits per heavy atom. The highest BCUT2D eigenvalue weighted by molar-refractivity contribution is 7.99. The van der Waals surface area contributed by atoms with E-state index < -0.39 is 0 Å². The number of anilines is 1. The monoisotopic (exact) mass is 291 g/mol. The smallest absolute Gasteiger partial charge is 0.190 e. The summed E-state index contributed by atoms with van der Waals surface area (Å²) in [7, 11) is 0. The fourth-order valence-corrected chi connectivity index (χ4v) is 2.94. The lowest BCUT2D eigenvalue weighted by molar-refractivity contribution is 0.891. The summed E-state index contributed by atoms with van der Waals surface area (Å²) in [6.07, 6.45) is 1.99. The minimum absolute atomic E-state index is 0.800. The highest BCUT2D eigenvalue weighted by atomic mass is 32.2. The van der Waals surface area contributed by atoms with Crippen LogP contribution in [-0.2, 0) is 0 Å². The topological polar surface area (TPSA) is 37.8 Å². The molecule has 0 spiro atoms. The number of thioether (sulfide) groups is 1. The SMILES string of the molecule is CCNc1cc(Sc2ccccc2C)nc(SC)n1. The van der Waals surface area contributed by atoms with Gasteiger partial charge >= 0.3 is 0 Å². The van der Waals surface area contributed by atoms with E-state index in [0.717, 1.165) is 22.5 Å². The summed E-state index contributed by atoms with van der Waals surface area (Å²) in [5, 5.41) is 5.02. The van der Waals surface area contributed by atoms with E-state index in [2.05, 4.69) is 53.4 Å². The minimum Gasteiger partial charge on any atom is -0.370 e. The van der Waals surface area contributed by atoms with Gasteiger partial charge in [-0.05, 0) is 31.7 Å². The standard InChI is InChI=1S/C14H17N3S2/c1-4-15-12-9-13(17-14(16-12)18-3)19-11-8-6-5-7-10(11)2/h5-9H,4H2,1-3H3,(H,15,16,17). The number of rotatable bonds is 5. The number of hydrogen-bond acceptors (Lipinski definition) is 5. The van der Waals surface area contributed by atoms with Crippen LogP contribution in [0.25, 0.3) is 0 Å². The van der Waals surface area contributed by atoms with Crippen LogP contribution in [0.2, 0.25) is 0 Å². The van der Waals surface area contributed by atoms with Crippen molar-refractivity contribution in [1.82, 2.24) is 9.97 Å². The van der Waals surface area contributed by atoms with Crippen LogP contribution in [0.1, 0.15) is 12.5 Å². The summed E-state index contributed by atoms with van der Waals surface area (Å²) in [4.78, 5) is 10.2. The lowest BCUT2D eigenvalue weighted by Gasteiger charge is -2.08. The first kappa shape index (κ1) is 14.2. The first-order valence-corrected chi connectivity index (χ1v) is 8.17. The summed E-state index contributed by atoms with van der Waals surface area (Å²) >= 11 is 3.24. The summed E-state index contributed by atoms with van der Waals surface area (Å²) in [6.45, 7) is 5.04. The van der Waals surface area contributed by atoms with Crippen LogP contribution in [0.15, 0.2) is 45.4 Å². The number of benzene rings is 1. The minimum atomic E-state index is 0.800. The van der Waals surface area contributed by atoms with Crippen molar-refractivity contribution in [2.45, 2.75) is 28.9 Å². The molecule has 0 atom stereocenters.